The van der Waals surface area contributed by atoms with Gasteiger partial charge in [0, 0.05) is 12.7 Å². The molecule has 0 radical (unpaired) electrons. The van der Waals surface area contributed by atoms with Crippen LogP contribution in [0.2, 0.25) is 0 Å². The van der Waals surface area contributed by atoms with Crippen molar-refractivity contribution >= 4 is 11.7 Å². The number of benzene rings is 1. The monoisotopic (exact) mass is 309 g/mol. The zero-order valence-corrected chi connectivity index (χ0v) is 12.9. The fourth-order valence-corrected chi connectivity index (χ4v) is 2.14. The molecule has 0 bridgehead atoms. The fraction of sp³-hybridized carbons (Fsp3) is 0.222. The predicted octanol–water partition coefficient (Wildman–Crippen LogP) is 1.90. The molecule has 3 N–H and O–H groups in total. The number of rotatable bonds is 6. The summed E-state index contributed by atoms with van der Waals surface area (Å²) in [6, 6.07) is 11.0. The lowest BCUT2D eigenvalue weighted by atomic mass is 10.0. The summed E-state index contributed by atoms with van der Waals surface area (Å²) in [5.74, 6) is 2.67. The van der Waals surface area contributed by atoms with Crippen molar-refractivity contribution in [2.75, 3.05) is 18.4 Å². The highest BCUT2D eigenvalue weighted by Gasteiger charge is 2.10. The molecule has 2 aromatic rings. The van der Waals surface area contributed by atoms with Crippen molar-refractivity contribution in [1.29, 1.82) is 0 Å². The van der Waals surface area contributed by atoms with Crippen LogP contribution in [0.3, 0.4) is 0 Å². The minimum Gasteiger partial charge on any atom is -0.387 e. The van der Waals surface area contributed by atoms with Gasteiger partial charge in [-0.1, -0.05) is 30.2 Å². The minimum atomic E-state index is -0.628. The van der Waals surface area contributed by atoms with Crippen molar-refractivity contribution in [3.63, 3.8) is 0 Å². The van der Waals surface area contributed by atoms with Gasteiger partial charge in [0.15, 0.2) is 0 Å². The number of carbonyl (C=O) groups excluding carboxylic acids is 1. The standard InChI is InChI=1S/C18H19N3O2/c1-3-10-19-18(23)14-8-9-17(20-11-14)21-12-16(22)15-7-5-4-6-13(15)2/h1,4-9,11,16,22H,10,12H2,2H3,(H,19,23)(H,20,21). The molecule has 5 nitrogen and oxygen atoms in total. The Labute approximate surface area is 135 Å². The number of nitrogens with one attached hydrogen (secondary N) is 2. The van der Waals surface area contributed by atoms with E-state index in [1.165, 1.54) is 6.20 Å². The van der Waals surface area contributed by atoms with Crippen LogP contribution in [-0.2, 0) is 0 Å². The van der Waals surface area contributed by atoms with E-state index in [0.29, 0.717) is 17.9 Å². The van der Waals surface area contributed by atoms with Crippen LogP contribution >= 0.6 is 0 Å². The van der Waals surface area contributed by atoms with Gasteiger partial charge in [-0.05, 0) is 30.2 Å². The van der Waals surface area contributed by atoms with E-state index in [1.54, 1.807) is 12.1 Å². The van der Waals surface area contributed by atoms with Gasteiger partial charge in [-0.2, -0.15) is 0 Å². The van der Waals surface area contributed by atoms with Crippen LogP contribution in [0.5, 0.6) is 0 Å². The Morgan fingerprint density at radius 1 is 1.35 bits per heavy atom. The summed E-state index contributed by atoms with van der Waals surface area (Å²) < 4.78 is 0. The quantitative estimate of drug-likeness (QED) is 0.713. The van der Waals surface area contributed by atoms with Gasteiger partial charge in [-0.3, -0.25) is 4.79 Å². The number of nitrogens with zero attached hydrogens (tertiary/aromatic N) is 1. The second kappa shape index (κ2) is 7.97. The summed E-state index contributed by atoms with van der Waals surface area (Å²) >= 11 is 0. The van der Waals surface area contributed by atoms with Gasteiger partial charge in [0.05, 0.1) is 18.2 Å². The summed E-state index contributed by atoms with van der Waals surface area (Å²) in [7, 11) is 0. The number of aryl methyl sites for hydroxylation is 1. The fourth-order valence-electron chi connectivity index (χ4n) is 2.14. The molecule has 1 atom stereocenters. The SMILES string of the molecule is C#CCNC(=O)c1ccc(NCC(O)c2ccccc2C)nc1. The van der Waals surface area contributed by atoms with Gasteiger partial charge in [0.2, 0.25) is 0 Å². The van der Waals surface area contributed by atoms with E-state index in [1.807, 2.05) is 31.2 Å². The molecule has 2 rings (SSSR count). The first-order valence-corrected chi connectivity index (χ1v) is 7.27. The minimum absolute atomic E-state index is 0.182. The van der Waals surface area contributed by atoms with Gasteiger partial charge >= 0.3 is 0 Å². The maximum Gasteiger partial charge on any atom is 0.253 e. The maximum absolute atomic E-state index is 11.7. The van der Waals surface area contributed by atoms with Crippen molar-refractivity contribution in [3.05, 3.63) is 59.3 Å². The summed E-state index contributed by atoms with van der Waals surface area (Å²) in [4.78, 5) is 15.9. The number of hydrogen-bond donors (Lipinski definition) is 3. The Hall–Kier alpha value is -2.84. The molecule has 0 saturated carbocycles. The highest BCUT2D eigenvalue weighted by atomic mass is 16.3. The van der Waals surface area contributed by atoms with Crippen molar-refractivity contribution < 1.29 is 9.90 Å². The average molecular weight is 309 g/mol. The molecule has 0 saturated heterocycles. The van der Waals surface area contributed by atoms with E-state index in [4.69, 9.17) is 6.42 Å². The normalized spacial score (nSPS) is 11.3. The molecule has 23 heavy (non-hydrogen) atoms. The molecule has 0 aliphatic rings. The van der Waals surface area contributed by atoms with Crippen LogP contribution in [0.25, 0.3) is 0 Å². The van der Waals surface area contributed by atoms with E-state index in [0.717, 1.165) is 11.1 Å². The Balaban J connectivity index is 1.93. The van der Waals surface area contributed by atoms with E-state index in [2.05, 4.69) is 21.5 Å². The third-order valence-corrected chi connectivity index (χ3v) is 3.40. The zero-order valence-electron chi connectivity index (χ0n) is 12.9. The molecular formula is C18H19N3O2. The van der Waals surface area contributed by atoms with Crippen molar-refractivity contribution in [3.8, 4) is 12.3 Å². The first-order valence-electron chi connectivity index (χ1n) is 7.27. The summed E-state index contributed by atoms with van der Waals surface area (Å²) in [6.07, 6.45) is 5.93. The second-order valence-electron chi connectivity index (χ2n) is 5.07. The van der Waals surface area contributed by atoms with E-state index in [-0.39, 0.29) is 12.5 Å². The first-order chi connectivity index (χ1) is 11.1. The molecule has 5 heteroatoms. The smallest absolute Gasteiger partial charge is 0.253 e. The third-order valence-electron chi connectivity index (χ3n) is 3.40. The highest BCUT2D eigenvalue weighted by molar-refractivity contribution is 5.94. The second-order valence-corrected chi connectivity index (χ2v) is 5.07. The van der Waals surface area contributed by atoms with Crippen molar-refractivity contribution in [1.82, 2.24) is 10.3 Å². The molecule has 118 valence electrons. The molecule has 1 amide bonds. The molecule has 0 aliphatic heterocycles. The Kier molecular flexibility index (Phi) is 5.73. The molecule has 1 heterocycles. The zero-order chi connectivity index (χ0) is 16.7. The number of aliphatic hydroxyl groups is 1. The number of hydrogen-bond acceptors (Lipinski definition) is 4. The maximum atomic E-state index is 11.7. The number of terminal acetylenes is 1. The van der Waals surface area contributed by atoms with Gasteiger partial charge < -0.3 is 15.7 Å². The predicted molar refractivity (Wildman–Crippen MR) is 90.0 cm³/mol. The lowest BCUT2D eigenvalue weighted by Crippen LogP contribution is -2.23. The van der Waals surface area contributed by atoms with E-state index < -0.39 is 6.10 Å². The summed E-state index contributed by atoms with van der Waals surface area (Å²) in [6.45, 7) is 2.47. The number of pyridine rings is 1. The average Bonchev–Trinajstić information content (AvgIpc) is 2.58. The summed E-state index contributed by atoms with van der Waals surface area (Å²) in [5.41, 5.74) is 2.35. The van der Waals surface area contributed by atoms with Gasteiger partial charge in [-0.25, -0.2) is 4.98 Å². The molecule has 0 aliphatic carbocycles. The van der Waals surface area contributed by atoms with E-state index in [9.17, 15) is 9.90 Å². The van der Waals surface area contributed by atoms with Gasteiger partial charge in [0.1, 0.15) is 5.82 Å². The number of aromatic nitrogens is 1. The molecule has 0 spiro atoms. The van der Waals surface area contributed by atoms with Crippen LogP contribution in [-0.4, -0.2) is 29.1 Å². The molecule has 1 aromatic heterocycles. The Bertz CT molecular complexity index is 705. The molecule has 0 fully saturated rings. The van der Waals surface area contributed by atoms with Crippen LogP contribution in [0.4, 0.5) is 5.82 Å². The molecular weight excluding hydrogens is 290 g/mol. The van der Waals surface area contributed by atoms with Crippen LogP contribution in [0.15, 0.2) is 42.6 Å². The molecule has 1 aromatic carbocycles. The Morgan fingerprint density at radius 3 is 2.78 bits per heavy atom. The van der Waals surface area contributed by atoms with Crippen molar-refractivity contribution in [2.45, 2.75) is 13.0 Å². The first kappa shape index (κ1) is 16.5. The Morgan fingerprint density at radius 2 is 2.13 bits per heavy atom. The number of anilines is 1. The third kappa shape index (κ3) is 4.56. The topological polar surface area (TPSA) is 74.2 Å². The summed E-state index contributed by atoms with van der Waals surface area (Å²) in [5, 5.41) is 15.9. The highest BCUT2D eigenvalue weighted by Crippen LogP contribution is 2.17. The van der Waals surface area contributed by atoms with Gasteiger partial charge in [0.25, 0.3) is 5.91 Å². The van der Waals surface area contributed by atoms with Gasteiger partial charge in [-0.15, -0.1) is 6.42 Å². The number of aliphatic hydroxyl groups excluding tert-OH is 1. The molecule has 1 unspecified atom stereocenters. The van der Waals surface area contributed by atoms with Crippen LogP contribution in [0, 0.1) is 19.3 Å². The van der Waals surface area contributed by atoms with Crippen LogP contribution < -0.4 is 10.6 Å². The van der Waals surface area contributed by atoms with Crippen LogP contribution in [0.1, 0.15) is 27.6 Å². The lowest BCUT2D eigenvalue weighted by Gasteiger charge is -2.15. The largest absolute Gasteiger partial charge is 0.387 e. The lowest BCUT2D eigenvalue weighted by molar-refractivity contribution is 0.0958. The van der Waals surface area contributed by atoms with E-state index >= 15 is 0 Å². The number of carbonyl (C=O) groups is 1. The van der Waals surface area contributed by atoms with Crippen molar-refractivity contribution in [2.24, 2.45) is 0 Å². The number of amides is 1.